The fraction of sp³-hybridized carbons (Fsp3) is 0.727. The van der Waals surface area contributed by atoms with Gasteiger partial charge in [0.15, 0.2) is 0 Å². The third-order valence-electron chi connectivity index (χ3n) is 2.58. The molecule has 0 spiro atoms. The van der Waals surface area contributed by atoms with E-state index in [1.807, 2.05) is 6.26 Å². The van der Waals surface area contributed by atoms with E-state index in [2.05, 4.69) is 23.3 Å². The van der Waals surface area contributed by atoms with Crippen molar-refractivity contribution in [3.63, 3.8) is 0 Å². The molecule has 0 aromatic carbocycles. The molecule has 122 valence electrons. The Labute approximate surface area is 132 Å². The van der Waals surface area contributed by atoms with Gasteiger partial charge >= 0.3 is 5.97 Å². The Hall–Kier alpha value is -0.970. The van der Waals surface area contributed by atoms with Crippen LogP contribution in [0.4, 0.5) is 0 Å². The number of aliphatic hydroxyl groups is 1. The maximum absolute atomic E-state index is 11.8. The molecule has 0 aliphatic rings. The Balaban J connectivity index is 4.52. The Morgan fingerprint density at radius 1 is 1.24 bits per heavy atom. The fourth-order valence-electron chi connectivity index (χ4n) is 1.31. The number of carbonyl (C=O) groups excluding carboxylic acids is 2. The minimum Gasteiger partial charge on any atom is -0.480 e. The molecule has 0 heterocycles. The Morgan fingerprint density at radius 2 is 1.81 bits per heavy atom. The summed E-state index contributed by atoms with van der Waals surface area (Å²) in [6.45, 7) is -0.661. The highest BCUT2D eigenvalue weighted by atomic mass is 32.2. The number of rotatable bonds is 10. The highest BCUT2D eigenvalue weighted by Gasteiger charge is 2.26. The van der Waals surface area contributed by atoms with Crippen molar-refractivity contribution in [1.82, 2.24) is 10.6 Å². The quantitative estimate of drug-likeness (QED) is 0.254. The predicted molar refractivity (Wildman–Crippen MR) is 83.4 cm³/mol. The lowest BCUT2D eigenvalue weighted by Crippen LogP contribution is -2.56. The van der Waals surface area contributed by atoms with E-state index in [1.54, 1.807) is 0 Å². The molecule has 6 N–H and O–H groups in total. The number of thioether (sulfide) groups is 1. The van der Waals surface area contributed by atoms with Crippen molar-refractivity contribution in [2.45, 2.75) is 24.5 Å². The van der Waals surface area contributed by atoms with Crippen LogP contribution in [0.2, 0.25) is 0 Å². The van der Waals surface area contributed by atoms with Crippen LogP contribution < -0.4 is 16.4 Å². The number of carboxylic acids is 1. The lowest BCUT2D eigenvalue weighted by Gasteiger charge is -2.20. The second-order valence-corrected chi connectivity index (χ2v) is 5.56. The van der Waals surface area contributed by atoms with E-state index in [-0.39, 0.29) is 5.75 Å². The summed E-state index contributed by atoms with van der Waals surface area (Å²) in [5.74, 6) is -2.05. The first-order valence-corrected chi connectivity index (χ1v) is 8.19. The van der Waals surface area contributed by atoms with Crippen LogP contribution in [0.25, 0.3) is 0 Å². The second kappa shape index (κ2) is 10.7. The molecule has 0 aromatic rings. The summed E-state index contributed by atoms with van der Waals surface area (Å²) in [6, 6.07) is -3.24. The fourth-order valence-corrected chi connectivity index (χ4v) is 2.04. The zero-order valence-electron chi connectivity index (χ0n) is 11.6. The van der Waals surface area contributed by atoms with Crippen LogP contribution in [-0.4, -0.2) is 70.5 Å². The van der Waals surface area contributed by atoms with Crippen molar-refractivity contribution in [2.24, 2.45) is 5.73 Å². The Bertz CT molecular complexity index is 370. The van der Waals surface area contributed by atoms with Gasteiger partial charge in [0.2, 0.25) is 11.8 Å². The number of nitrogens with two attached hydrogens (primary N) is 1. The summed E-state index contributed by atoms with van der Waals surface area (Å²) in [6.07, 6.45) is 2.30. The summed E-state index contributed by atoms with van der Waals surface area (Å²) >= 11 is 5.33. The number of thiol groups is 1. The van der Waals surface area contributed by atoms with Crippen LogP contribution >= 0.6 is 24.4 Å². The van der Waals surface area contributed by atoms with Crippen LogP contribution in [0.3, 0.4) is 0 Å². The number of aliphatic hydroxyl groups excluding tert-OH is 1. The average Bonchev–Trinajstić information content (AvgIpc) is 2.46. The number of amides is 2. The van der Waals surface area contributed by atoms with E-state index in [0.29, 0.717) is 12.2 Å². The third-order valence-corrected chi connectivity index (χ3v) is 3.59. The normalized spacial score (nSPS) is 14.9. The summed E-state index contributed by atoms with van der Waals surface area (Å²) < 4.78 is 0. The molecule has 0 aliphatic carbocycles. The van der Waals surface area contributed by atoms with Gasteiger partial charge < -0.3 is 26.6 Å². The summed E-state index contributed by atoms with van der Waals surface area (Å²) in [5.41, 5.74) is 5.64. The molecule has 0 bridgehead atoms. The Kier molecular flexibility index (Phi) is 10.2. The number of aliphatic carboxylic acids is 1. The standard InChI is InChI=1S/C11H21N3O5S2/c1-21-3-2-6(12)9(16)13-7(4-15)10(17)14-8(5-20)11(18)19/h6-8,15,20H,2-5,12H2,1H3,(H,13,16)(H,14,17)(H,18,19)/t6-,7-,8-/m0/s1. The minimum absolute atomic E-state index is 0.111. The van der Waals surface area contributed by atoms with Crippen molar-refractivity contribution in [1.29, 1.82) is 0 Å². The van der Waals surface area contributed by atoms with Crippen LogP contribution in [0.1, 0.15) is 6.42 Å². The maximum Gasteiger partial charge on any atom is 0.327 e. The van der Waals surface area contributed by atoms with Crippen molar-refractivity contribution in [3.05, 3.63) is 0 Å². The van der Waals surface area contributed by atoms with Gasteiger partial charge in [-0.3, -0.25) is 9.59 Å². The monoisotopic (exact) mass is 339 g/mol. The first-order chi connectivity index (χ1) is 9.87. The van der Waals surface area contributed by atoms with Gasteiger partial charge in [-0.25, -0.2) is 4.79 Å². The van der Waals surface area contributed by atoms with Crippen molar-refractivity contribution in [3.8, 4) is 0 Å². The van der Waals surface area contributed by atoms with Gasteiger partial charge in [0.25, 0.3) is 0 Å². The van der Waals surface area contributed by atoms with E-state index in [4.69, 9.17) is 15.9 Å². The van der Waals surface area contributed by atoms with Gasteiger partial charge in [0, 0.05) is 5.75 Å². The van der Waals surface area contributed by atoms with E-state index in [0.717, 1.165) is 0 Å². The largest absolute Gasteiger partial charge is 0.480 e. The maximum atomic E-state index is 11.8. The van der Waals surface area contributed by atoms with Crippen molar-refractivity contribution >= 4 is 42.2 Å². The van der Waals surface area contributed by atoms with Gasteiger partial charge in [-0.05, 0) is 18.4 Å². The summed E-state index contributed by atoms with van der Waals surface area (Å²) in [7, 11) is 0. The first-order valence-electron chi connectivity index (χ1n) is 6.17. The molecule has 0 rings (SSSR count). The van der Waals surface area contributed by atoms with E-state index >= 15 is 0 Å². The molecule has 0 unspecified atom stereocenters. The van der Waals surface area contributed by atoms with Gasteiger partial charge in [-0.15, -0.1) is 0 Å². The first kappa shape index (κ1) is 20.0. The minimum atomic E-state index is -1.25. The molecule has 10 heteroatoms. The van der Waals surface area contributed by atoms with Gasteiger partial charge in [-0.2, -0.15) is 24.4 Å². The second-order valence-electron chi connectivity index (χ2n) is 4.21. The summed E-state index contributed by atoms with van der Waals surface area (Å²) in [5, 5.41) is 22.4. The number of hydrogen-bond donors (Lipinski definition) is 6. The lowest BCUT2D eigenvalue weighted by atomic mass is 10.2. The van der Waals surface area contributed by atoms with Gasteiger partial charge in [0.05, 0.1) is 12.6 Å². The SMILES string of the molecule is CSCC[C@H](N)C(=O)N[C@@H](CO)C(=O)N[C@@H](CS)C(=O)O. The molecule has 0 radical (unpaired) electrons. The van der Waals surface area contributed by atoms with Crippen molar-refractivity contribution in [2.75, 3.05) is 24.4 Å². The molecular weight excluding hydrogens is 318 g/mol. The van der Waals surface area contributed by atoms with Crippen molar-refractivity contribution < 1.29 is 24.6 Å². The molecule has 0 saturated heterocycles. The molecule has 21 heavy (non-hydrogen) atoms. The molecule has 0 saturated carbocycles. The van der Waals surface area contributed by atoms with Crippen LogP contribution in [-0.2, 0) is 14.4 Å². The topological polar surface area (TPSA) is 142 Å². The average molecular weight is 339 g/mol. The molecule has 0 fully saturated rings. The van der Waals surface area contributed by atoms with Crippen LogP contribution in [0.5, 0.6) is 0 Å². The van der Waals surface area contributed by atoms with E-state index in [9.17, 15) is 14.4 Å². The predicted octanol–water partition coefficient (Wildman–Crippen LogP) is -1.96. The number of nitrogens with one attached hydrogen (secondary N) is 2. The molecule has 2 amide bonds. The van der Waals surface area contributed by atoms with Crippen LogP contribution in [0, 0.1) is 0 Å². The molecule has 0 aliphatic heterocycles. The Morgan fingerprint density at radius 3 is 2.24 bits per heavy atom. The number of carboxylic acid groups (broad SMARTS) is 1. The molecular formula is C11H21N3O5S2. The van der Waals surface area contributed by atoms with E-state index < -0.39 is 42.5 Å². The lowest BCUT2D eigenvalue weighted by molar-refractivity contribution is -0.141. The summed E-state index contributed by atoms with van der Waals surface area (Å²) in [4.78, 5) is 34.3. The third kappa shape index (κ3) is 7.55. The van der Waals surface area contributed by atoms with Gasteiger partial charge in [-0.1, -0.05) is 0 Å². The van der Waals surface area contributed by atoms with E-state index in [1.165, 1.54) is 11.8 Å². The number of hydrogen-bond acceptors (Lipinski definition) is 7. The van der Waals surface area contributed by atoms with Crippen LogP contribution in [0.15, 0.2) is 0 Å². The highest BCUT2D eigenvalue weighted by Crippen LogP contribution is 1.99. The number of carbonyl (C=O) groups is 3. The van der Waals surface area contributed by atoms with Gasteiger partial charge in [0.1, 0.15) is 12.1 Å². The smallest absolute Gasteiger partial charge is 0.327 e. The molecule has 0 aromatic heterocycles. The zero-order chi connectivity index (χ0) is 16.4. The highest BCUT2D eigenvalue weighted by molar-refractivity contribution is 7.98. The molecule has 3 atom stereocenters. The molecule has 8 nitrogen and oxygen atoms in total. The zero-order valence-corrected chi connectivity index (χ0v) is 13.3.